The number of H-pyrrole nitrogens is 2. The van der Waals surface area contributed by atoms with Crippen LogP contribution in [0.1, 0.15) is 12.8 Å². The van der Waals surface area contributed by atoms with Crippen LogP contribution in [0, 0.1) is 0 Å². The molecule has 7 heterocycles. The second kappa shape index (κ2) is 9.31. The standard InChI is InChI=1S/C29H24N8O3/c1-4-24-25(39-15-38-24)10-16(1)20-13-32-14-23-26(20)35-29(34-23)28-27-22(36-37-28)3-2-21(33-27)17-9-19(12-31-11-17)40-18-5-7-30-8-6-18/h1-4,9-14,18,30H,5-8,15H2,(H,34,35)(H,36,37). The van der Waals surface area contributed by atoms with Crippen LogP contribution in [0.2, 0.25) is 0 Å². The molecule has 6 aromatic rings. The molecular formula is C29H24N8O3. The van der Waals surface area contributed by atoms with E-state index in [2.05, 4.69) is 30.5 Å². The lowest BCUT2D eigenvalue weighted by molar-refractivity contribution is 0.162. The van der Waals surface area contributed by atoms with E-state index in [1.807, 2.05) is 36.4 Å². The highest BCUT2D eigenvalue weighted by Crippen LogP contribution is 2.38. The molecule has 3 N–H and O–H groups in total. The van der Waals surface area contributed by atoms with Crippen molar-refractivity contribution in [2.75, 3.05) is 19.9 Å². The number of pyridine rings is 3. The van der Waals surface area contributed by atoms with Gasteiger partial charge in [0, 0.05) is 23.5 Å². The lowest BCUT2D eigenvalue weighted by Crippen LogP contribution is -2.34. The second-order valence-electron chi connectivity index (χ2n) is 9.88. The normalized spacial score (nSPS) is 15.2. The number of nitrogens with zero attached hydrogens (tertiary/aromatic N) is 5. The molecule has 0 atom stereocenters. The van der Waals surface area contributed by atoms with E-state index in [1.165, 1.54) is 0 Å². The Kier molecular flexibility index (Phi) is 5.33. The number of piperidine rings is 1. The van der Waals surface area contributed by atoms with Gasteiger partial charge < -0.3 is 24.5 Å². The average molecular weight is 533 g/mol. The first-order valence-corrected chi connectivity index (χ1v) is 13.2. The summed E-state index contributed by atoms with van der Waals surface area (Å²) >= 11 is 0. The van der Waals surface area contributed by atoms with E-state index in [1.54, 1.807) is 24.8 Å². The maximum Gasteiger partial charge on any atom is 0.231 e. The van der Waals surface area contributed by atoms with Crippen molar-refractivity contribution < 1.29 is 14.2 Å². The van der Waals surface area contributed by atoms with Gasteiger partial charge >= 0.3 is 0 Å². The molecule has 8 rings (SSSR count). The molecule has 0 saturated carbocycles. The van der Waals surface area contributed by atoms with Gasteiger partial charge in [0.2, 0.25) is 6.79 Å². The summed E-state index contributed by atoms with van der Waals surface area (Å²) in [6.07, 6.45) is 9.28. The first-order valence-electron chi connectivity index (χ1n) is 13.2. The first-order chi connectivity index (χ1) is 19.8. The Morgan fingerprint density at radius 1 is 0.800 bits per heavy atom. The van der Waals surface area contributed by atoms with Crippen LogP contribution in [-0.4, -0.2) is 61.1 Å². The predicted octanol–water partition coefficient (Wildman–Crippen LogP) is 4.48. The molecule has 2 aliphatic heterocycles. The molecule has 0 unspecified atom stereocenters. The number of hydrogen-bond donors (Lipinski definition) is 3. The van der Waals surface area contributed by atoms with Crippen LogP contribution < -0.4 is 19.5 Å². The second-order valence-corrected chi connectivity index (χ2v) is 9.88. The maximum absolute atomic E-state index is 6.20. The summed E-state index contributed by atoms with van der Waals surface area (Å²) in [4.78, 5) is 22.1. The lowest BCUT2D eigenvalue weighted by Gasteiger charge is -2.23. The fraction of sp³-hybridized carbons (Fsp3) is 0.207. The minimum Gasteiger partial charge on any atom is -0.489 e. The van der Waals surface area contributed by atoms with Gasteiger partial charge in [-0.05, 0) is 61.8 Å². The van der Waals surface area contributed by atoms with E-state index in [-0.39, 0.29) is 12.9 Å². The summed E-state index contributed by atoms with van der Waals surface area (Å²) in [6, 6.07) is 11.7. The Hall–Kier alpha value is -5.03. The van der Waals surface area contributed by atoms with Crippen molar-refractivity contribution in [1.29, 1.82) is 0 Å². The average Bonchev–Trinajstić information content (AvgIpc) is 3.75. The molecule has 11 heteroatoms. The van der Waals surface area contributed by atoms with Crippen molar-refractivity contribution in [1.82, 2.24) is 40.4 Å². The highest BCUT2D eigenvalue weighted by Gasteiger charge is 2.20. The van der Waals surface area contributed by atoms with Crippen molar-refractivity contribution >= 4 is 22.1 Å². The highest BCUT2D eigenvalue weighted by molar-refractivity contribution is 5.96. The molecular weight excluding hydrogens is 508 g/mol. The largest absolute Gasteiger partial charge is 0.489 e. The molecule has 0 amide bonds. The summed E-state index contributed by atoms with van der Waals surface area (Å²) in [6.45, 7) is 2.16. The zero-order valence-corrected chi connectivity index (χ0v) is 21.3. The van der Waals surface area contributed by atoms with E-state index in [4.69, 9.17) is 24.2 Å². The van der Waals surface area contributed by atoms with Crippen LogP contribution in [0.15, 0.2) is 61.2 Å². The van der Waals surface area contributed by atoms with Crippen molar-refractivity contribution in [2.45, 2.75) is 18.9 Å². The van der Waals surface area contributed by atoms with Gasteiger partial charge in [0.1, 0.15) is 17.4 Å². The number of hydrogen-bond acceptors (Lipinski definition) is 9. The SMILES string of the molecule is c1ncc(-c2ccc3[nH]nc(-c4nc5c(-c6ccc7c(c6)OCO7)cncc5[nH]4)c3n2)cc1OC1CCNCC1. The molecule has 1 fully saturated rings. The predicted molar refractivity (Wildman–Crippen MR) is 148 cm³/mol. The van der Waals surface area contributed by atoms with Gasteiger partial charge in [-0.1, -0.05) is 6.07 Å². The van der Waals surface area contributed by atoms with Crippen LogP contribution >= 0.6 is 0 Å². The monoisotopic (exact) mass is 532 g/mol. The Labute approximate surface area is 228 Å². The molecule has 198 valence electrons. The summed E-state index contributed by atoms with van der Waals surface area (Å²) in [5.41, 5.74) is 7.18. The van der Waals surface area contributed by atoms with Gasteiger partial charge in [-0.3, -0.25) is 15.1 Å². The lowest BCUT2D eigenvalue weighted by atomic mass is 10.1. The van der Waals surface area contributed by atoms with E-state index in [9.17, 15) is 0 Å². The van der Waals surface area contributed by atoms with Crippen molar-refractivity contribution in [3.63, 3.8) is 0 Å². The molecule has 0 spiro atoms. The minimum absolute atomic E-state index is 0.194. The Morgan fingerprint density at radius 2 is 1.70 bits per heavy atom. The molecule has 0 aliphatic carbocycles. The van der Waals surface area contributed by atoms with E-state index >= 15 is 0 Å². The molecule has 11 nitrogen and oxygen atoms in total. The summed E-state index contributed by atoms with van der Waals surface area (Å²) in [5, 5.41) is 11.0. The zero-order valence-electron chi connectivity index (χ0n) is 21.3. The third-order valence-electron chi connectivity index (χ3n) is 7.31. The van der Waals surface area contributed by atoms with Crippen LogP contribution in [0.3, 0.4) is 0 Å². The number of fused-ring (bicyclic) bond motifs is 3. The molecule has 40 heavy (non-hydrogen) atoms. The van der Waals surface area contributed by atoms with E-state index in [0.29, 0.717) is 22.8 Å². The number of aromatic nitrogens is 7. The van der Waals surface area contributed by atoms with Crippen LogP contribution in [0.25, 0.3) is 56.0 Å². The van der Waals surface area contributed by atoms with Gasteiger partial charge in [-0.15, -0.1) is 0 Å². The summed E-state index contributed by atoms with van der Waals surface area (Å²) in [5.74, 6) is 2.79. The summed E-state index contributed by atoms with van der Waals surface area (Å²) < 4.78 is 17.2. The van der Waals surface area contributed by atoms with Crippen LogP contribution in [0.4, 0.5) is 0 Å². The maximum atomic E-state index is 6.20. The molecule has 5 aromatic heterocycles. The fourth-order valence-electron chi connectivity index (χ4n) is 5.27. The fourth-order valence-corrected chi connectivity index (χ4v) is 5.27. The summed E-state index contributed by atoms with van der Waals surface area (Å²) in [7, 11) is 0. The molecule has 1 aromatic carbocycles. The van der Waals surface area contributed by atoms with Crippen LogP contribution in [-0.2, 0) is 0 Å². The first kappa shape index (κ1) is 22.9. The Balaban J connectivity index is 1.16. The molecule has 0 bridgehead atoms. The van der Waals surface area contributed by atoms with Gasteiger partial charge in [-0.2, -0.15) is 5.10 Å². The molecule has 1 saturated heterocycles. The number of rotatable bonds is 5. The third-order valence-corrected chi connectivity index (χ3v) is 7.31. The smallest absolute Gasteiger partial charge is 0.231 e. The van der Waals surface area contributed by atoms with Gasteiger partial charge in [0.25, 0.3) is 0 Å². The number of nitrogens with one attached hydrogen (secondary N) is 3. The Morgan fingerprint density at radius 3 is 2.65 bits per heavy atom. The van der Waals surface area contributed by atoms with Gasteiger partial charge in [0.05, 0.1) is 34.6 Å². The number of benzene rings is 1. The van der Waals surface area contributed by atoms with Gasteiger partial charge in [-0.25, -0.2) is 9.97 Å². The van der Waals surface area contributed by atoms with Crippen molar-refractivity contribution in [3.8, 4) is 51.2 Å². The number of imidazole rings is 1. The van der Waals surface area contributed by atoms with E-state index in [0.717, 1.165) is 76.4 Å². The number of aromatic amines is 2. The van der Waals surface area contributed by atoms with Crippen molar-refractivity contribution in [3.05, 3.63) is 61.2 Å². The van der Waals surface area contributed by atoms with Crippen molar-refractivity contribution in [2.24, 2.45) is 0 Å². The Bertz CT molecular complexity index is 1870. The minimum atomic E-state index is 0.194. The topological polar surface area (TPSA) is 136 Å². The number of ether oxygens (including phenoxy) is 3. The van der Waals surface area contributed by atoms with E-state index < -0.39 is 0 Å². The third kappa shape index (κ3) is 3.98. The zero-order chi connectivity index (χ0) is 26.5. The molecule has 2 aliphatic rings. The van der Waals surface area contributed by atoms with Gasteiger partial charge in [0.15, 0.2) is 23.0 Å². The van der Waals surface area contributed by atoms with Crippen LogP contribution in [0.5, 0.6) is 17.2 Å². The molecule has 0 radical (unpaired) electrons. The quantitative estimate of drug-likeness (QED) is 0.293. The highest BCUT2D eigenvalue weighted by atomic mass is 16.7.